The molecule has 0 aliphatic carbocycles. The highest BCUT2D eigenvalue weighted by molar-refractivity contribution is 7.15. The zero-order chi connectivity index (χ0) is 17.3. The van der Waals surface area contributed by atoms with Gasteiger partial charge >= 0.3 is 6.18 Å². The van der Waals surface area contributed by atoms with Gasteiger partial charge in [-0.25, -0.2) is 9.67 Å². The van der Waals surface area contributed by atoms with Crippen molar-refractivity contribution >= 4 is 40.2 Å². The molecule has 1 N–H and O–H groups in total. The van der Waals surface area contributed by atoms with Gasteiger partial charge < -0.3 is 5.32 Å². The summed E-state index contributed by atoms with van der Waals surface area (Å²) in [4.78, 5) is 4.81. The third-order valence-corrected chi connectivity index (χ3v) is 4.49. The summed E-state index contributed by atoms with van der Waals surface area (Å²) in [5.41, 5.74) is -0.100. The van der Waals surface area contributed by atoms with Gasteiger partial charge in [0.1, 0.15) is 5.69 Å². The first kappa shape index (κ1) is 17.1. The van der Waals surface area contributed by atoms with Crippen LogP contribution >= 0.6 is 34.5 Å². The largest absolute Gasteiger partial charge is 0.435 e. The van der Waals surface area contributed by atoms with E-state index in [-0.39, 0.29) is 5.02 Å². The molecule has 10 heteroatoms. The topological polar surface area (TPSA) is 42.7 Å². The third-order valence-electron chi connectivity index (χ3n) is 3.07. The van der Waals surface area contributed by atoms with E-state index in [2.05, 4.69) is 15.4 Å². The molecule has 3 rings (SSSR count). The van der Waals surface area contributed by atoms with Crippen LogP contribution in [0, 0.1) is 0 Å². The first-order chi connectivity index (χ1) is 11.3. The first-order valence-electron chi connectivity index (χ1n) is 6.60. The minimum absolute atomic E-state index is 0.277. The Balaban J connectivity index is 1.91. The van der Waals surface area contributed by atoms with Crippen LogP contribution < -0.4 is 5.32 Å². The van der Waals surface area contributed by atoms with Gasteiger partial charge in [-0.2, -0.15) is 18.3 Å². The smallest absolute Gasteiger partial charge is 0.378 e. The van der Waals surface area contributed by atoms with Gasteiger partial charge in [-0.1, -0.05) is 29.3 Å². The minimum Gasteiger partial charge on any atom is -0.378 e. The molecule has 1 aromatic carbocycles. The SMILES string of the molecule is FC(F)(F)c1ccn(-c2c(Cl)cccc2NCc2cnc(Cl)s2)n1. The van der Waals surface area contributed by atoms with Crippen molar-refractivity contribution in [2.24, 2.45) is 0 Å². The van der Waals surface area contributed by atoms with E-state index in [1.54, 1.807) is 24.4 Å². The van der Waals surface area contributed by atoms with Gasteiger partial charge in [0, 0.05) is 17.3 Å². The van der Waals surface area contributed by atoms with Gasteiger partial charge in [0.15, 0.2) is 10.2 Å². The van der Waals surface area contributed by atoms with Crippen LogP contribution in [0.1, 0.15) is 10.6 Å². The van der Waals surface area contributed by atoms with Crippen molar-refractivity contribution in [2.75, 3.05) is 5.32 Å². The Kier molecular flexibility index (Phi) is 4.71. The lowest BCUT2D eigenvalue weighted by atomic mass is 10.2. The summed E-state index contributed by atoms with van der Waals surface area (Å²) in [7, 11) is 0. The van der Waals surface area contributed by atoms with Crippen molar-refractivity contribution in [3.63, 3.8) is 0 Å². The molecule has 2 aromatic heterocycles. The second-order valence-electron chi connectivity index (χ2n) is 4.71. The number of para-hydroxylation sites is 1. The highest BCUT2D eigenvalue weighted by Crippen LogP contribution is 2.32. The van der Waals surface area contributed by atoms with Crippen molar-refractivity contribution in [3.8, 4) is 5.69 Å². The quantitative estimate of drug-likeness (QED) is 0.657. The van der Waals surface area contributed by atoms with Crippen molar-refractivity contribution in [2.45, 2.75) is 12.7 Å². The Labute approximate surface area is 148 Å². The molecule has 2 heterocycles. The number of alkyl halides is 3. The fourth-order valence-electron chi connectivity index (χ4n) is 2.04. The standard InChI is InChI=1S/C14H9Cl2F3N4S/c15-9-2-1-3-10(20-6-8-7-21-13(16)24-8)12(9)23-5-4-11(22-23)14(17,18)19/h1-5,7,20H,6H2. The average molecular weight is 393 g/mol. The Bertz CT molecular complexity index is 860. The number of rotatable bonds is 4. The molecular weight excluding hydrogens is 384 g/mol. The molecule has 0 saturated heterocycles. The Morgan fingerprint density at radius 2 is 2.00 bits per heavy atom. The summed E-state index contributed by atoms with van der Waals surface area (Å²) in [5.74, 6) is 0. The molecular formula is C14H9Cl2F3N4S. The lowest BCUT2D eigenvalue weighted by Gasteiger charge is -2.13. The molecule has 0 aliphatic heterocycles. The maximum atomic E-state index is 12.7. The summed E-state index contributed by atoms with van der Waals surface area (Å²) in [6.45, 7) is 0.408. The molecule has 0 bridgehead atoms. The van der Waals surface area contributed by atoms with E-state index >= 15 is 0 Å². The number of nitrogens with zero attached hydrogens (tertiary/aromatic N) is 3. The Morgan fingerprint density at radius 3 is 2.62 bits per heavy atom. The first-order valence-corrected chi connectivity index (χ1v) is 8.17. The van der Waals surface area contributed by atoms with Crippen LogP contribution in [-0.4, -0.2) is 14.8 Å². The molecule has 0 radical (unpaired) electrons. The van der Waals surface area contributed by atoms with E-state index in [0.29, 0.717) is 22.4 Å². The molecule has 126 valence electrons. The summed E-state index contributed by atoms with van der Waals surface area (Å²) < 4.78 is 39.8. The maximum Gasteiger partial charge on any atom is 0.435 e. The molecule has 3 aromatic rings. The monoisotopic (exact) mass is 392 g/mol. The number of nitrogens with one attached hydrogen (secondary N) is 1. The highest BCUT2D eigenvalue weighted by atomic mass is 35.5. The number of hydrogen-bond acceptors (Lipinski definition) is 4. The predicted octanol–water partition coefficient (Wildman–Crippen LogP) is 5.27. The number of anilines is 1. The molecule has 0 saturated carbocycles. The molecule has 0 aliphatic rings. The number of halogens is 5. The summed E-state index contributed by atoms with van der Waals surface area (Å²) in [6, 6.07) is 5.89. The van der Waals surface area contributed by atoms with E-state index < -0.39 is 11.9 Å². The minimum atomic E-state index is -4.51. The van der Waals surface area contributed by atoms with Crippen LogP contribution in [0.15, 0.2) is 36.7 Å². The van der Waals surface area contributed by atoms with Crippen molar-refractivity contribution in [3.05, 3.63) is 56.7 Å². The van der Waals surface area contributed by atoms with Crippen molar-refractivity contribution in [1.29, 1.82) is 0 Å². The van der Waals surface area contributed by atoms with Crippen molar-refractivity contribution < 1.29 is 13.2 Å². The normalized spacial score (nSPS) is 11.7. The molecule has 24 heavy (non-hydrogen) atoms. The lowest BCUT2D eigenvalue weighted by Crippen LogP contribution is -2.09. The van der Waals surface area contributed by atoms with Gasteiger partial charge in [-0.05, 0) is 18.2 Å². The van der Waals surface area contributed by atoms with Crippen LogP contribution in [0.5, 0.6) is 0 Å². The van der Waals surface area contributed by atoms with E-state index in [9.17, 15) is 13.2 Å². The highest BCUT2D eigenvalue weighted by Gasteiger charge is 2.34. The van der Waals surface area contributed by atoms with Gasteiger partial charge in [0.25, 0.3) is 0 Å². The maximum absolute atomic E-state index is 12.7. The Morgan fingerprint density at radius 1 is 1.21 bits per heavy atom. The molecule has 0 amide bonds. The Hall–Kier alpha value is -1.77. The van der Waals surface area contributed by atoms with Gasteiger partial charge in [-0.3, -0.25) is 0 Å². The molecule has 0 fully saturated rings. The van der Waals surface area contributed by atoms with Gasteiger partial charge in [-0.15, -0.1) is 11.3 Å². The number of benzene rings is 1. The number of hydrogen-bond donors (Lipinski definition) is 1. The zero-order valence-corrected chi connectivity index (χ0v) is 14.1. The van der Waals surface area contributed by atoms with E-state index in [4.69, 9.17) is 23.2 Å². The molecule has 4 nitrogen and oxygen atoms in total. The summed E-state index contributed by atoms with van der Waals surface area (Å²) >= 11 is 13.2. The summed E-state index contributed by atoms with van der Waals surface area (Å²) in [5, 5.41) is 6.96. The lowest BCUT2D eigenvalue weighted by molar-refractivity contribution is -0.141. The summed E-state index contributed by atoms with van der Waals surface area (Å²) in [6.07, 6.45) is -1.67. The van der Waals surface area contributed by atoms with Crippen LogP contribution in [0.2, 0.25) is 9.49 Å². The fraction of sp³-hybridized carbons (Fsp3) is 0.143. The third kappa shape index (κ3) is 3.66. The molecule has 0 unspecified atom stereocenters. The van der Waals surface area contributed by atoms with E-state index in [1.807, 2.05) is 0 Å². The number of aromatic nitrogens is 3. The second kappa shape index (κ2) is 6.62. The van der Waals surface area contributed by atoms with Crippen LogP contribution in [0.4, 0.5) is 18.9 Å². The van der Waals surface area contributed by atoms with Crippen LogP contribution in [0.25, 0.3) is 5.69 Å². The average Bonchev–Trinajstić information content (AvgIpc) is 3.13. The van der Waals surface area contributed by atoms with E-state index in [0.717, 1.165) is 15.6 Å². The molecule has 0 spiro atoms. The van der Waals surface area contributed by atoms with Crippen LogP contribution in [0.3, 0.4) is 0 Å². The molecule has 0 atom stereocenters. The number of thiazole rings is 1. The van der Waals surface area contributed by atoms with Gasteiger partial charge in [0.2, 0.25) is 0 Å². The zero-order valence-electron chi connectivity index (χ0n) is 11.8. The van der Waals surface area contributed by atoms with Gasteiger partial charge in [0.05, 0.1) is 17.3 Å². The van der Waals surface area contributed by atoms with E-state index in [1.165, 1.54) is 17.5 Å². The fourth-order valence-corrected chi connectivity index (χ4v) is 3.22. The van der Waals surface area contributed by atoms with Crippen LogP contribution in [-0.2, 0) is 12.7 Å². The second-order valence-corrected chi connectivity index (χ2v) is 6.82. The predicted molar refractivity (Wildman–Crippen MR) is 88.0 cm³/mol. The van der Waals surface area contributed by atoms with Crippen molar-refractivity contribution in [1.82, 2.24) is 14.8 Å².